The van der Waals surface area contributed by atoms with Crippen LogP contribution >= 0.6 is 0 Å². The van der Waals surface area contributed by atoms with Gasteiger partial charge in [0.25, 0.3) is 0 Å². The first-order valence-corrected chi connectivity index (χ1v) is 6.91. The lowest BCUT2D eigenvalue weighted by molar-refractivity contribution is -0.116. The van der Waals surface area contributed by atoms with Crippen LogP contribution in [-0.2, 0) is 4.79 Å². The van der Waals surface area contributed by atoms with Crippen molar-refractivity contribution in [2.45, 2.75) is 12.8 Å². The number of amides is 1. The smallest absolute Gasteiger partial charge is 0.244 e. The van der Waals surface area contributed by atoms with Crippen molar-refractivity contribution in [3.05, 3.63) is 77.6 Å². The molecule has 0 radical (unpaired) electrons. The van der Waals surface area contributed by atoms with E-state index in [0.29, 0.717) is 6.54 Å². The highest BCUT2D eigenvalue weighted by molar-refractivity contribution is 5.91. The Morgan fingerprint density at radius 3 is 2.48 bits per heavy atom. The lowest BCUT2D eigenvalue weighted by Crippen LogP contribution is -2.25. The molecule has 0 bridgehead atoms. The van der Waals surface area contributed by atoms with Crippen LogP contribution in [0.5, 0.6) is 0 Å². The molecule has 1 amide bonds. The van der Waals surface area contributed by atoms with Gasteiger partial charge in [0, 0.05) is 12.6 Å². The first-order chi connectivity index (χ1) is 10.1. The van der Waals surface area contributed by atoms with Crippen LogP contribution in [0.2, 0.25) is 0 Å². The summed E-state index contributed by atoms with van der Waals surface area (Å²) in [7, 11) is 0. The second-order valence-electron chi connectivity index (χ2n) is 4.94. The quantitative estimate of drug-likeness (QED) is 0.832. The van der Waals surface area contributed by atoms with E-state index in [9.17, 15) is 9.18 Å². The van der Waals surface area contributed by atoms with Crippen LogP contribution in [0.25, 0.3) is 6.08 Å². The van der Waals surface area contributed by atoms with Crippen LogP contribution in [0.1, 0.15) is 24.0 Å². The molecule has 0 aliphatic carbocycles. The Morgan fingerprint density at radius 2 is 1.81 bits per heavy atom. The van der Waals surface area contributed by atoms with Crippen molar-refractivity contribution < 1.29 is 9.18 Å². The van der Waals surface area contributed by atoms with Gasteiger partial charge in [-0.1, -0.05) is 49.4 Å². The number of carbonyl (C=O) groups is 1. The molecule has 3 heteroatoms. The topological polar surface area (TPSA) is 29.1 Å². The molecule has 21 heavy (non-hydrogen) atoms. The normalized spacial score (nSPS) is 12.3. The maximum absolute atomic E-state index is 12.8. The van der Waals surface area contributed by atoms with Crippen molar-refractivity contribution in [2.24, 2.45) is 0 Å². The molecule has 0 saturated heterocycles. The van der Waals surface area contributed by atoms with Gasteiger partial charge < -0.3 is 5.32 Å². The lowest BCUT2D eigenvalue weighted by atomic mass is 10.0. The van der Waals surface area contributed by atoms with Crippen molar-refractivity contribution in [3.8, 4) is 0 Å². The second kappa shape index (κ2) is 7.39. The average molecular weight is 283 g/mol. The Kier molecular flexibility index (Phi) is 5.27. The highest BCUT2D eigenvalue weighted by atomic mass is 19.1. The molecule has 0 aliphatic rings. The lowest BCUT2D eigenvalue weighted by Gasteiger charge is -2.12. The summed E-state index contributed by atoms with van der Waals surface area (Å²) in [5.74, 6) is -0.242. The summed E-state index contributed by atoms with van der Waals surface area (Å²) < 4.78 is 12.8. The Labute approximate surface area is 124 Å². The maximum atomic E-state index is 12.8. The SMILES string of the molecule is CC(CNC(=O)/C=C/c1ccccc1)c1ccc(F)cc1. The van der Waals surface area contributed by atoms with Gasteiger partial charge in [0.1, 0.15) is 5.82 Å². The average Bonchev–Trinajstić information content (AvgIpc) is 2.52. The fraction of sp³-hybridized carbons (Fsp3) is 0.167. The van der Waals surface area contributed by atoms with E-state index in [-0.39, 0.29) is 17.6 Å². The van der Waals surface area contributed by atoms with Gasteiger partial charge in [-0.15, -0.1) is 0 Å². The number of halogens is 1. The largest absolute Gasteiger partial charge is 0.352 e. The molecule has 0 heterocycles. The van der Waals surface area contributed by atoms with Crippen LogP contribution < -0.4 is 5.32 Å². The summed E-state index contributed by atoms with van der Waals surface area (Å²) in [5, 5.41) is 2.85. The fourth-order valence-corrected chi connectivity index (χ4v) is 1.96. The molecule has 108 valence electrons. The van der Waals surface area contributed by atoms with Crippen molar-refractivity contribution in [1.29, 1.82) is 0 Å². The van der Waals surface area contributed by atoms with E-state index in [1.165, 1.54) is 18.2 Å². The zero-order chi connectivity index (χ0) is 15.1. The maximum Gasteiger partial charge on any atom is 0.244 e. The molecule has 0 fully saturated rings. The predicted molar refractivity (Wildman–Crippen MR) is 83.3 cm³/mol. The molecule has 2 nitrogen and oxygen atoms in total. The molecule has 2 rings (SSSR count). The minimum Gasteiger partial charge on any atom is -0.352 e. The van der Waals surface area contributed by atoms with Crippen LogP contribution in [0.15, 0.2) is 60.7 Å². The van der Waals surface area contributed by atoms with Gasteiger partial charge >= 0.3 is 0 Å². The zero-order valence-electron chi connectivity index (χ0n) is 11.9. The van der Waals surface area contributed by atoms with Crippen molar-refractivity contribution in [1.82, 2.24) is 5.32 Å². The Bertz CT molecular complexity index is 605. The highest BCUT2D eigenvalue weighted by Gasteiger charge is 2.06. The summed E-state index contributed by atoms with van der Waals surface area (Å²) in [6.07, 6.45) is 3.30. The molecule has 1 unspecified atom stereocenters. The third-order valence-corrected chi connectivity index (χ3v) is 3.25. The van der Waals surface area contributed by atoms with Crippen molar-refractivity contribution >= 4 is 12.0 Å². The fourth-order valence-electron chi connectivity index (χ4n) is 1.96. The van der Waals surface area contributed by atoms with Gasteiger partial charge in [0.2, 0.25) is 5.91 Å². The van der Waals surface area contributed by atoms with E-state index < -0.39 is 0 Å². The summed E-state index contributed by atoms with van der Waals surface area (Å²) in [4.78, 5) is 11.7. The molecule has 1 atom stereocenters. The monoisotopic (exact) mass is 283 g/mol. The Morgan fingerprint density at radius 1 is 1.14 bits per heavy atom. The first-order valence-electron chi connectivity index (χ1n) is 6.91. The number of hydrogen-bond acceptors (Lipinski definition) is 1. The minimum absolute atomic E-state index is 0.132. The van der Waals surface area contributed by atoms with Crippen molar-refractivity contribution in [3.63, 3.8) is 0 Å². The van der Waals surface area contributed by atoms with Gasteiger partial charge in [-0.3, -0.25) is 4.79 Å². The number of carbonyl (C=O) groups excluding carboxylic acids is 1. The molecule has 1 N–H and O–H groups in total. The van der Waals surface area contributed by atoms with Gasteiger partial charge in [0.15, 0.2) is 0 Å². The summed E-state index contributed by atoms with van der Waals surface area (Å²) in [6.45, 7) is 2.51. The van der Waals surface area contributed by atoms with Gasteiger partial charge in [0.05, 0.1) is 0 Å². The molecular weight excluding hydrogens is 265 g/mol. The zero-order valence-corrected chi connectivity index (χ0v) is 11.9. The number of nitrogens with one attached hydrogen (secondary N) is 1. The first kappa shape index (κ1) is 15.0. The summed E-state index contributed by atoms with van der Waals surface area (Å²) in [6, 6.07) is 16.0. The number of hydrogen-bond donors (Lipinski definition) is 1. The summed E-state index contributed by atoms with van der Waals surface area (Å²) in [5.41, 5.74) is 1.99. The highest BCUT2D eigenvalue weighted by Crippen LogP contribution is 2.14. The Hall–Kier alpha value is -2.42. The molecule has 0 aliphatic heterocycles. The van der Waals surface area contributed by atoms with Crippen LogP contribution in [0.3, 0.4) is 0 Å². The molecule has 0 spiro atoms. The summed E-state index contributed by atoms with van der Waals surface area (Å²) >= 11 is 0. The molecular formula is C18H18FNO. The van der Waals surface area contributed by atoms with Gasteiger partial charge in [-0.2, -0.15) is 0 Å². The van der Waals surface area contributed by atoms with Crippen molar-refractivity contribution in [2.75, 3.05) is 6.54 Å². The van der Waals surface area contributed by atoms with Crippen LogP contribution in [0, 0.1) is 5.82 Å². The van der Waals surface area contributed by atoms with E-state index in [1.807, 2.05) is 37.3 Å². The van der Waals surface area contributed by atoms with E-state index in [1.54, 1.807) is 18.2 Å². The molecule has 0 saturated carbocycles. The predicted octanol–water partition coefficient (Wildman–Crippen LogP) is 3.76. The number of benzene rings is 2. The molecule has 2 aromatic rings. The van der Waals surface area contributed by atoms with E-state index in [0.717, 1.165) is 11.1 Å². The molecule has 0 aromatic heterocycles. The van der Waals surface area contributed by atoms with E-state index >= 15 is 0 Å². The second-order valence-corrected chi connectivity index (χ2v) is 4.94. The standard InChI is InChI=1S/C18H18FNO/c1-14(16-8-10-17(19)11-9-16)13-20-18(21)12-7-15-5-3-2-4-6-15/h2-12,14H,13H2,1H3,(H,20,21)/b12-7+. The minimum atomic E-state index is -0.249. The van der Waals surface area contributed by atoms with Gasteiger partial charge in [-0.25, -0.2) is 4.39 Å². The molecule has 2 aromatic carbocycles. The van der Waals surface area contributed by atoms with Crippen LogP contribution in [0.4, 0.5) is 4.39 Å². The number of rotatable bonds is 5. The van der Waals surface area contributed by atoms with E-state index in [4.69, 9.17) is 0 Å². The van der Waals surface area contributed by atoms with E-state index in [2.05, 4.69) is 5.32 Å². The van der Waals surface area contributed by atoms with Crippen LogP contribution in [-0.4, -0.2) is 12.5 Å². The third-order valence-electron chi connectivity index (χ3n) is 3.25. The van der Waals surface area contributed by atoms with Gasteiger partial charge in [-0.05, 0) is 35.3 Å². The Balaban J connectivity index is 1.83. The third kappa shape index (κ3) is 4.88.